The summed E-state index contributed by atoms with van der Waals surface area (Å²) in [6.45, 7) is 0. The van der Waals surface area contributed by atoms with Crippen LogP contribution in [0, 0.1) is 0 Å². The predicted molar refractivity (Wildman–Crippen MR) is 58.6 cm³/mol. The van der Waals surface area contributed by atoms with Crippen LogP contribution >= 0.6 is 11.6 Å². The van der Waals surface area contributed by atoms with E-state index in [1.54, 1.807) is 36.4 Å². The molecule has 0 aliphatic heterocycles. The molecular weight excluding hydrogens is 237 g/mol. The van der Waals surface area contributed by atoms with E-state index in [4.69, 9.17) is 11.6 Å². The van der Waals surface area contributed by atoms with Crippen LogP contribution in [-0.4, -0.2) is 6.18 Å². The molecule has 0 amide bonds. The van der Waals surface area contributed by atoms with Crippen LogP contribution in [0.2, 0.25) is 0 Å². The first-order chi connectivity index (χ1) is 7.50. The van der Waals surface area contributed by atoms with Crippen molar-refractivity contribution in [3.63, 3.8) is 0 Å². The van der Waals surface area contributed by atoms with Gasteiger partial charge in [0, 0.05) is 0 Å². The molecule has 0 N–H and O–H groups in total. The van der Waals surface area contributed by atoms with Crippen LogP contribution in [0.25, 0.3) is 10.8 Å². The van der Waals surface area contributed by atoms with E-state index in [2.05, 4.69) is 0 Å². The summed E-state index contributed by atoms with van der Waals surface area (Å²) in [6.07, 6.45) is -4.42. The lowest BCUT2D eigenvalue weighted by Crippen LogP contribution is -2.15. The molecular formula is C12H8ClF3. The van der Waals surface area contributed by atoms with Crippen molar-refractivity contribution in [3.05, 3.63) is 48.0 Å². The second kappa shape index (κ2) is 3.98. The molecule has 0 heterocycles. The predicted octanol–water partition coefficient (Wildman–Crippen LogP) is 4.68. The molecule has 4 heteroatoms. The van der Waals surface area contributed by atoms with Gasteiger partial charge in [0.15, 0.2) is 5.38 Å². The Hall–Kier alpha value is -1.22. The van der Waals surface area contributed by atoms with Crippen LogP contribution in [0.5, 0.6) is 0 Å². The molecule has 16 heavy (non-hydrogen) atoms. The van der Waals surface area contributed by atoms with Crippen molar-refractivity contribution in [3.8, 4) is 0 Å². The minimum atomic E-state index is -4.42. The van der Waals surface area contributed by atoms with Gasteiger partial charge in [0.25, 0.3) is 0 Å². The van der Waals surface area contributed by atoms with Crippen LogP contribution < -0.4 is 0 Å². The third-order valence-corrected chi connectivity index (χ3v) is 2.87. The molecule has 0 fully saturated rings. The molecule has 2 aromatic rings. The van der Waals surface area contributed by atoms with E-state index in [9.17, 15) is 13.2 Å². The topological polar surface area (TPSA) is 0 Å². The Morgan fingerprint density at radius 1 is 0.938 bits per heavy atom. The monoisotopic (exact) mass is 244 g/mol. The third-order valence-electron chi connectivity index (χ3n) is 2.38. The Balaban J connectivity index is 2.61. The van der Waals surface area contributed by atoms with E-state index in [1.807, 2.05) is 0 Å². The van der Waals surface area contributed by atoms with Crippen molar-refractivity contribution in [1.29, 1.82) is 0 Å². The van der Waals surface area contributed by atoms with Crippen LogP contribution in [-0.2, 0) is 0 Å². The lowest BCUT2D eigenvalue weighted by Gasteiger charge is -2.15. The van der Waals surface area contributed by atoms with Crippen LogP contribution in [0.4, 0.5) is 13.2 Å². The van der Waals surface area contributed by atoms with Gasteiger partial charge in [0.2, 0.25) is 0 Å². The molecule has 0 spiro atoms. The smallest absolute Gasteiger partial charge is 0.169 e. The molecule has 84 valence electrons. The molecule has 0 radical (unpaired) electrons. The number of fused-ring (bicyclic) bond motifs is 1. The zero-order chi connectivity index (χ0) is 11.8. The van der Waals surface area contributed by atoms with Crippen molar-refractivity contribution >= 4 is 22.4 Å². The van der Waals surface area contributed by atoms with Gasteiger partial charge in [-0.3, -0.25) is 0 Å². The molecule has 0 unspecified atom stereocenters. The molecule has 0 bridgehead atoms. The fourth-order valence-corrected chi connectivity index (χ4v) is 1.84. The van der Waals surface area contributed by atoms with E-state index >= 15 is 0 Å². The molecule has 2 aromatic carbocycles. The lowest BCUT2D eigenvalue weighted by molar-refractivity contribution is -0.131. The van der Waals surface area contributed by atoms with Gasteiger partial charge in [-0.05, 0) is 16.3 Å². The van der Waals surface area contributed by atoms with Crippen LogP contribution in [0.1, 0.15) is 10.9 Å². The average Bonchev–Trinajstić information content (AvgIpc) is 2.26. The highest BCUT2D eigenvalue weighted by Gasteiger charge is 2.39. The van der Waals surface area contributed by atoms with E-state index < -0.39 is 11.6 Å². The summed E-state index contributed by atoms with van der Waals surface area (Å²) in [5.41, 5.74) is 0.104. The normalized spacial score (nSPS) is 14.0. The Labute approximate surface area is 95.6 Å². The van der Waals surface area contributed by atoms with Crippen molar-refractivity contribution in [2.45, 2.75) is 11.6 Å². The second-order valence-corrected chi connectivity index (χ2v) is 3.91. The first-order valence-electron chi connectivity index (χ1n) is 4.68. The molecule has 1 atom stereocenters. The Morgan fingerprint density at radius 2 is 1.56 bits per heavy atom. The summed E-state index contributed by atoms with van der Waals surface area (Å²) < 4.78 is 37.6. The first-order valence-corrected chi connectivity index (χ1v) is 5.12. The zero-order valence-electron chi connectivity index (χ0n) is 8.13. The molecule has 0 aromatic heterocycles. The quantitative estimate of drug-likeness (QED) is 0.639. The second-order valence-electron chi connectivity index (χ2n) is 3.47. The lowest BCUT2D eigenvalue weighted by atomic mass is 10.0. The summed E-state index contributed by atoms with van der Waals surface area (Å²) in [4.78, 5) is 0. The maximum atomic E-state index is 12.5. The molecule has 2 rings (SSSR count). The summed E-state index contributed by atoms with van der Waals surface area (Å²) in [5.74, 6) is 0. The Morgan fingerprint density at radius 3 is 2.25 bits per heavy atom. The molecule has 0 nitrogen and oxygen atoms in total. The van der Waals surface area contributed by atoms with E-state index in [0.29, 0.717) is 5.39 Å². The highest BCUT2D eigenvalue weighted by Crippen LogP contribution is 2.40. The van der Waals surface area contributed by atoms with Gasteiger partial charge in [-0.2, -0.15) is 13.2 Å². The third kappa shape index (κ3) is 2.00. The number of rotatable bonds is 1. The van der Waals surface area contributed by atoms with Gasteiger partial charge in [0.05, 0.1) is 0 Å². The first kappa shape index (κ1) is 11.3. The number of hydrogen-bond acceptors (Lipinski definition) is 0. The van der Waals surface area contributed by atoms with Gasteiger partial charge >= 0.3 is 6.18 Å². The van der Waals surface area contributed by atoms with Crippen molar-refractivity contribution in [2.24, 2.45) is 0 Å². The van der Waals surface area contributed by atoms with Gasteiger partial charge in [-0.25, -0.2) is 0 Å². The maximum Gasteiger partial charge on any atom is 0.408 e. The number of hydrogen-bond donors (Lipinski definition) is 0. The minimum absolute atomic E-state index is 0.104. The Kier molecular flexibility index (Phi) is 2.80. The zero-order valence-corrected chi connectivity index (χ0v) is 8.89. The molecule has 0 aliphatic rings. The summed E-state index contributed by atoms with van der Waals surface area (Å²) in [5, 5.41) is -0.657. The summed E-state index contributed by atoms with van der Waals surface area (Å²) in [7, 11) is 0. The maximum absolute atomic E-state index is 12.5. The standard InChI is InChI=1S/C12H8ClF3/c13-11(12(14,15)16)10-7-3-5-8-4-1-2-6-9(8)10/h1-7,11H/t11-/m0/s1. The fourth-order valence-electron chi connectivity index (χ4n) is 1.65. The molecule has 0 saturated heterocycles. The van der Waals surface area contributed by atoms with E-state index in [-0.39, 0.29) is 5.56 Å². The minimum Gasteiger partial charge on any atom is -0.169 e. The number of alkyl halides is 4. The SMILES string of the molecule is FC(F)(F)[C@@H](Cl)c1cccc2ccccc12. The number of benzene rings is 2. The largest absolute Gasteiger partial charge is 0.408 e. The van der Waals surface area contributed by atoms with Gasteiger partial charge in [-0.1, -0.05) is 42.5 Å². The molecule has 0 aliphatic carbocycles. The van der Waals surface area contributed by atoms with Crippen molar-refractivity contribution < 1.29 is 13.2 Å². The van der Waals surface area contributed by atoms with E-state index in [0.717, 1.165) is 5.39 Å². The van der Waals surface area contributed by atoms with Crippen molar-refractivity contribution in [2.75, 3.05) is 0 Å². The van der Waals surface area contributed by atoms with Gasteiger partial charge < -0.3 is 0 Å². The van der Waals surface area contributed by atoms with Crippen LogP contribution in [0.3, 0.4) is 0 Å². The van der Waals surface area contributed by atoms with Crippen molar-refractivity contribution in [1.82, 2.24) is 0 Å². The summed E-state index contributed by atoms with van der Waals surface area (Å²) in [6, 6.07) is 11.6. The van der Waals surface area contributed by atoms with Gasteiger partial charge in [-0.15, -0.1) is 11.6 Å². The fraction of sp³-hybridized carbons (Fsp3) is 0.167. The Bertz CT molecular complexity index is 500. The van der Waals surface area contributed by atoms with Crippen LogP contribution in [0.15, 0.2) is 42.5 Å². The molecule has 0 saturated carbocycles. The van der Waals surface area contributed by atoms with E-state index in [1.165, 1.54) is 6.07 Å². The highest BCUT2D eigenvalue weighted by molar-refractivity contribution is 6.22. The highest BCUT2D eigenvalue weighted by atomic mass is 35.5. The number of halogens is 4. The summed E-state index contributed by atoms with van der Waals surface area (Å²) >= 11 is 5.44. The van der Waals surface area contributed by atoms with Gasteiger partial charge in [0.1, 0.15) is 0 Å². The average molecular weight is 245 g/mol.